The molecule has 90 valence electrons. The van der Waals surface area contributed by atoms with Crippen LogP contribution in [0.15, 0.2) is 36.9 Å². The zero-order valence-corrected chi connectivity index (χ0v) is 9.21. The Labute approximate surface area is 98.3 Å². The molecule has 0 bridgehead atoms. The fourth-order valence-electron chi connectivity index (χ4n) is 1.51. The molecule has 1 aromatic heterocycles. The molecule has 2 rings (SSSR count). The molecule has 2 aromatic rings. The molecule has 0 aliphatic rings. The van der Waals surface area contributed by atoms with Gasteiger partial charge in [-0.05, 0) is 6.07 Å². The number of imidazole rings is 1. The second-order valence-electron chi connectivity index (χ2n) is 3.54. The van der Waals surface area contributed by atoms with Gasteiger partial charge in [0.25, 0.3) is 0 Å². The maximum atomic E-state index is 13.4. The van der Waals surface area contributed by atoms with Gasteiger partial charge in [0.1, 0.15) is 6.61 Å². The first-order valence-corrected chi connectivity index (χ1v) is 5.28. The molecule has 0 unspecified atom stereocenters. The quantitative estimate of drug-likeness (QED) is 0.857. The fourth-order valence-corrected chi connectivity index (χ4v) is 1.51. The van der Waals surface area contributed by atoms with Gasteiger partial charge in [-0.15, -0.1) is 0 Å². The molecule has 1 heterocycles. The number of ether oxygens (including phenoxy) is 1. The highest BCUT2D eigenvalue weighted by atomic mass is 19.1. The Hall–Kier alpha value is -1.88. The van der Waals surface area contributed by atoms with Crippen molar-refractivity contribution in [2.75, 3.05) is 6.61 Å². The molecule has 0 atom stereocenters. The van der Waals surface area contributed by atoms with Crippen molar-refractivity contribution in [1.82, 2.24) is 9.55 Å². The van der Waals surface area contributed by atoms with Gasteiger partial charge in [0.05, 0.1) is 19.5 Å². The van der Waals surface area contributed by atoms with E-state index < -0.39 is 5.82 Å². The molecule has 0 radical (unpaired) electrons. The molecular formula is C12H13FN2O2. The lowest BCUT2D eigenvalue weighted by molar-refractivity contribution is 0.250. The summed E-state index contributed by atoms with van der Waals surface area (Å²) in [6, 6.07) is 4.49. The summed E-state index contributed by atoms with van der Waals surface area (Å²) >= 11 is 0. The first-order valence-electron chi connectivity index (χ1n) is 5.28. The third-order valence-corrected chi connectivity index (χ3v) is 2.37. The van der Waals surface area contributed by atoms with Gasteiger partial charge < -0.3 is 14.4 Å². The minimum absolute atomic E-state index is 0.120. The van der Waals surface area contributed by atoms with Gasteiger partial charge in [-0.3, -0.25) is 0 Å². The Balaban J connectivity index is 1.98. The number of nitrogens with zero attached hydrogens (tertiary/aromatic N) is 2. The Kier molecular flexibility index (Phi) is 3.72. The topological polar surface area (TPSA) is 47.3 Å². The van der Waals surface area contributed by atoms with Crippen LogP contribution in [0, 0.1) is 5.82 Å². The standard InChI is InChI=1S/C12H13FN2O2/c13-11-3-1-2-10(8-16)12(11)17-7-6-15-5-4-14-9-15/h1-5,9,16H,6-8H2. The summed E-state index contributed by atoms with van der Waals surface area (Å²) in [4.78, 5) is 3.89. The van der Waals surface area contributed by atoms with Gasteiger partial charge in [-0.25, -0.2) is 9.37 Å². The van der Waals surface area contributed by atoms with Crippen molar-refractivity contribution >= 4 is 0 Å². The average Bonchev–Trinajstić information content (AvgIpc) is 2.84. The van der Waals surface area contributed by atoms with Gasteiger partial charge >= 0.3 is 0 Å². The van der Waals surface area contributed by atoms with Crippen LogP contribution >= 0.6 is 0 Å². The Morgan fingerprint density at radius 1 is 1.41 bits per heavy atom. The predicted octanol–water partition coefficient (Wildman–Crippen LogP) is 1.59. The van der Waals surface area contributed by atoms with Gasteiger partial charge in [-0.1, -0.05) is 12.1 Å². The fraction of sp³-hybridized carbons (Fsp3) is 0.250. The van der Waals surface area contributed by atoms with Crippen molar-refractivity contribution in [3.8, 4) is 5.75 Å². The van der Waals surface area contributed by atoms with E-state index in [0.717, 1.165) is 0 Å². The summed E-state index contributed by atoms with van der Waals surface area (Å²) in [7, 11) is 0. The van der Waals surface area contributed by atoms with Crippen LogP contribution in [0.2, 0.25) is 0 Å². The molecule has 0 fully saturated rings. The number of halogens is 1. The van der Waals surface area contributed by atoms with Crippen LogP contribution in [0.4, 0.5) is 4.39 Å². The van der Waals surface area contributed by atoms with Crippen molar-refractivity contribution in [3.05, 3.63) is 48.3 Å². The lowest BCUT2D eigenvalue weighted by atomic mass is 10.2. The van der Waals surface area contributed by atoms with Crippen molar-refractivity contribution in [2.24, 2.45) is 0 Å². The summed E-state index contributed by atoms with van der Waals surface area (Å²) in [6.07, 6.45) is 5.14. The molecule has 0 aliphatic heterocycles. The van der Waals surface area contributed by atoms with Crippen LogP contribution in [0.25, 0.3) is 0 Å². The second-order valence-corrected chi connectivity index (χ2v) is 3.54. The second kappa shape index (κ2) is 5.45. The predicted molar refractivity (Wildman–Crippen MR) is 60.0 cm³/mol. The number of aliphatic hydroxyl groups excluding tert-OH is 1. The molecule has 1 aromatic carbocycles. The van der Waals surface area contributed by atoms with Crippen LogP contribution in [0.1, 0.15) is 5.56 Å². The summed E-state index contributed by atoms with van der Waals surface area (Å²) in [5, 5.41) is 9.06. The molecule has 0 aliphatic carbocycles. The number of hydrogen-bond donors (Lipinski definition) is 1. The van der Waals surface area contributed by atoms with E-state index in [1.54, 1.807) is 30.9 Å². The molecule has 0 amide bonds. The van der Waals surface area contributed by atoms with Crippen molar-refractivity contribution in [3.63, 3.8) is 0 Å². The van der Waals surface area contributed by atoms with Gasteiger partial charge in [-0.2, -0.15) is 0 Å². The molecule has 0 saturated carbocycles. The maximum Gasteiger partial charge on any atom is 0.165 e. The third kappa shape index (κ3) is 2.82. The maximum absolute atomic E-state index is 13.4. The van der Waals surface area contributed by atoms with E-state index in [0.29, 0.717) is 18.7 Å². The van der Waals surface area contributed by atoms with Crippen LogP contribution in [0.3, 0.4) is 0 Å². The van der Waals surface area contributed by atoms with E-state index in [2.05, 4.69) is 4.98 Å². The highest BCUT2D eigenvalue weighted by Crippen LogP contribution is 2.22. The van der Waals surface area contributed by atoms with Crippen LogP contribution in [-0.2, 0) is 13.2 Å². The molecular weight excluding hydrogens is 223 g/mol. The number of rotatable bonds is 5. The van der Waals surface area contributed by atoms with E-state index in [-0.39, 0.29) is 12.4 Å². The number of hydrogen-bond acceptors (Lipinski definition) is 3. The molecule has 17 heavy (non-hydrogen) atoms. The first-order chi connectivity index (χ1) is 8.31. The molecule has 0 saturated heterocycles. The first kappa shape index (κ1) is 11.6. The van der Waals surface area contributed by atoms with E-state index >= 15 is 0 Å². The van der Waals surface area contributed by atoms with E-state index in [1.165, 1.54) is 6.07 Å². The largest absolute Gasteiger partial charge is 0.488 e. The lowest BCUT2D eigenvalue weighted by Gasteiger charge is -2.11. The van der Waals surface area contributed by atoms with E-state index in [4.69, 9.17) is 9.84 Å². The smallest absolute Gasteiger partial charge is 0.165 e. The highest BCUT2D eigenvalue weighted by molar-refractivity contribution is 5.34. The molecule has 0 spiro atoms. The number of benzene rings is 1. The van der Waals surface area contributed by atoms with E-state index in [1.807, 2.05) is 4.57 Å². The minimum Gasteiger partial charge on any atom is -0.488 e. The number of aliphatic hydroxyl groups is 1. The highest BCUT2D eigenvalue weighted by Gasteiger charge is 2.08. The van der Waals surface area contributed by atoms with Crippen LogP contribution < -0.4 is 4.74 Å². The normalized spacial score (nSPS) is 10.5. The summed E-state index contributed by atoms with van der Waals surface area (Å²) in [5.74, 6) is -0.336. The van der Waals surface area contributed by atoms with Crippen molar-refractivity contribution < 1.29 is 14.2 Å². The Bertz CT molecular complexity index is 471. The number of aromatic nitrogens is 2. The Morgan fingerprint density at radius 2 is 2.29 bits per heavy atom. The zero-order valence-electron chi connectivity index (χ0n) is 9.21. The van der Waals surface area contributed by atoms with Crippen LogP contribution in [0.5, 0.6) is 5.75 Å². The van der Waals surface area contributed by atoms with E-state index in [9.17, 15) is 4.39 Å². The minimum atomic E-state index is -0.456. The third-order valence-electron chi connectivity index (χ3n) is 2.37. The van der Waals surface area contributed by atoms with Crippen molar-refractivity contribution in [1.29, 1.82) is 0 Å². The van der Waals surface area contributed by atoms with Gasteiger partial charge in [0.15, 0.2) is 11.6 Å². The van der Waals surface area contributed by atoms with Gasteiger partial charge in [0.2, 0.25) is 0 Å². The SMILES string of the molecule is OCc1cccc(F)c1OCCn1ccnc1. The average molecular weight is 236 g/mol. The summed E-state index contributed by atoms with van der Waals surface area (Å²) in [5.41, 5.74) is 0.454. The van der Waals surface area contributed by atoms with Crippen LogP contribution in [-0.4, -0.2) is 21.3 Å². The number of para-hydroxylation sites is 1. The van der Waals surface area contributed by atoms with Crippen molar-refractivity contribution in [2.45, 2.75) is 13.2 Å². The zero-order chi connectivity index (χ0) is 12.1. The molecule has 4 nitrogen and oxygen atoms in total. The van der Waals surface area contributed by atoms with Gasteiger partial charge in [0, 0.05) is 18.0 Å². The Morgan fingerprint density at radius 3 is 3.00 bits per heavy atom. The lowest BCUT2D eigenvalue weighted by Crippen LogP contribution is -2.08. The monoisotopic (exact) mass is 236 g/mol. The molecule has 1 N–H and O–H groups in total. The summed E-state index contributed by atoms with van der Waals surface area (Å²) < 4.78 is 20.6. The summed E-state index contributed by atoms with van der Waals surface area (Å²) in [6.45, 7) is 0.668. The molecule has 5 heteroatoms.